The molecule has 138 valence electrons. The highest BCUT2D eigenvalue weighted by Crippen LogP contribution is 2.22. The van der Waals surface area contributed by atoms with E-state index in [2.05, 4.69) is 20.6 Å². The van der Waals surface area contributed by atoms with E-state index in [1.54, 1.807) is 12.1 Å². The summed E-state index contributed by atoms with van der Waals surface area (Å²) in [5.41, 5.74) is 5.28. The lowest BCUT2D eigenvalue weighted by Gasteiger charge is -2.13. The van der Waals surface area contributed by atoms with Crippen molar-refractivity contribution in [2.45, 2.75) is 27.3 Å². The lowest BCUT2D eigenvalue weighted by atomic mass is 10.0. The van der Waals surface area contributed by atoms with Gasteiger partial charge in [0.25, 0.3) is 5.91 Å². The fraction of sp³-hybridized carbons (Fsp3) is 0.190. The van der Waals surface area contributed by atoms with E-state index in [1.807, 2.05) is 32.9 Å². The van der Waals surface area contributed by atoms with E-state index >= 15 is 0 Å². The van der Waals surface area contributed by atoms with Gasteiger partial charge < -0.3 is 10.6 Å². The van der Waals surface area contributed by atoms with E-state index in [1.165, 1.54) is 24.5 Å². The van der Waals surface area contributed by atoms with Crippen LogP contribution in [0.1, 0.15) is 32.6 Å². The summed E-state index contributed by atoms with van der Waals surface area (Å²) in [6.45, 7) is 6.42. The van der Waals surface area contributed by atoms with E-state index in [-0.39, 0.29) is 11.7 Å². The summed E-state index contributed by atoms with van der Waals surface area (Å²) < 4.78 is 12.9. The zero-order valence-electron chi connectivity index (χ0n) is 15.5. The van der Waals surface area contributed by atoms with Crippen LogP contribution in [0.2, 0.25) is 0 Å². The van der Waals surface area contributed by atoms with E-state index in [0.29, 0.717) is 18.1 Å². The second-order valence-corrected chi connectivity index (χ2v) is 6.50. The molecular weight excluding hydrogens is 343 g/mol. The Morgan fingerprint density at radius 1 is 1.00 bits per heavy atom. The number of benzene rings is 2. The average Bonchev–Trinajstić information content (AvgIpc) is 2.64. The smallest absolute Gasteiger partial charge is 0.258 e. The first-order valence-corrected chi connectivity index (χ1v) is 8.62. The number of rotatable bonds is 5. The molecule has 3 rings (SSSR count). The Morgan fingerprint density at radius 3 is 2.19 bits per heavy atom. The molecule has 0 atom stereocenters. The summed E-state index contributed by atoms with van der Waals surface area (Å²) in [7, 11) is 0. The highest BCUT2D eigenvalue weighted by molar-refractivity contribution is 6.04. The Kier molecular flexibility index (Phi) is 5.45. The monoisotopic (exact) mass is 364 g/mol. The molecule has 0 aliphatic rings. The SMILES string of the molecule is Cc1cc(C)c(NC(=O)c2cnc(NCc3ccc(F)cc3)nc2)c(C)c1. The second kappa shape index (κ2) is 7.95. The van der Waals surface area contributed by atoms with Gasteiger partial charge in [-0.05, 0) is 49.6 Å². The number of nitrogens with one attached hydrogen (secondary N) is 2. The Balaban J connectivity index is 1.64. The van der Waals surface area contributed by atoms with Crippen LogP contribution in [0.4, 0.5) is 16.0 Å². The van der Waals surface area contributed by atoms with Crippen molar-refractivity contribution in [3.8, 4) is 0 Å². The number of carbonyl (C=O) groups excluding carboxylic acids is 1. The standard InChI is InChI=1S/C21H21FN4O/c1-13-8-14(2)19(15(3)9-13)26-20(27)17-11-24-21(25-12-17)23-10-16-4-6-18(22)7-5-16/h4-9,11-12H,10H2,1-3H3,(H,26,27)(H,23,24,25). The van der Waals surface area contributed by atoms with E-state index < -0.39 is 0 Å². The van der Waals surface area contributed by atoms with Gasteiger partial charge in [-0.3, -0.25) is 4.79 Å². The zero-order chi connectivity index (χ0) is 19.4. The van der Waals surface area contributed by atoms with Gasteiger partial charge in [0.2, 0.25) is 5.95 Å². The molecule has 0 saturated heterocycles. The second-order valence-electron chi connectivity index (χ2n) is 6.50. The molecule has 0 bridgehead atoms. The van der Waals surface area contributed by atoms with Crippen molar-refractivity contribution in [1.82, 2.24) is 9.97 Å². The van der Waals surface area contributed by atoms with Crippen LogP contribution in [-0.4, -0.2) is 15.9 Å². The molecule has 0 aliphatic carbocycles. The molecule has 1 aromatic heterocycles. The molecule has 3 aromatic rings. The maximum Gasteiger partial charge on any atom is 0.258 e. The van der Waals surface area contributed by atoms with Crippen molar-refractivity contribution in [3.63, 3.8) is 0 Å². The number of halogens is 1. The highest BCUT2D eigenvalue weighted by Gasteiger charge is 2.11. The molecule has 0 spiro atoms. The number of aryl methyl sites for hydroxylation is 3. The Labute approximate surface area is 157 Å². The molecular formula is C21H21FN4O. The van der Waals surface area contributed by atoms with Crippen molar-refractivity contribution in [3.05, 3.63) is 82.4 Å². The minimum absolute atomic E-state index is 0.255. The van der Waals surface area contributed by atoms with Crippen molar-refractivity contribution < 1.29 is 9.18 Å². The van der Waals surface area contributed by atoms with Gasteiger partial charge in [-0.2, -0.15) is 0 Å². The number of amides is 1. The topological polar surface area (TPSA) is 66.9 Å². The fourth-order valence-corrected chi connectivity index (χ4v) is 2.88. The average molecular weight is 364 g/mol. The summed E-state index contributed by atoms with van der Waals surface area (Å²) in [5.74, 6) is -0.127. The number of carbonyl (C=O) groups is 1. The highest BCUT2D eigenvalue weighted by atomic mass is 19.1. The first-order valence-electron chi connectivity index (χ1n) is 8.62. The molecule has 0 unspecified atom stereocenters. The molecule has 1 heterocycles. The molecule has 0 saturated carbocycles. The molecule has 6 heteroatoms. The normalized spacial score (nSPS) is 10.5. The lowest BCUT2D eigenvalue weighted by molar-refractivity contribution is 0.102. The van der Waals surface area contributed by atoms with Crippen molar-refractivity contribution in [1.29, 1.82) is 0 Å². The van der Waals surface area contributed by atoms with Crippen molar-refractivity contribution in [2.24, 2.45) is 0 Å². The third-order valence-corrected chi connectivity index (χ3v) is 4.19. The minimum atomic E-state index is -0.274. The number of anilines is 2. The Bertz CT molecular complexity index is 930. The maximum atomic E-state index is 12.9. The summed E-state index contributed by atoms with van der Waals surface area (Å²) in [6.07, 6.45) is 2.96. The predicted molar refractivity (Wildman–Crippen MR) is 104 cm³/mol. The number of aromatic nitrogens is 2. The van der Waals surface area contributed by atoms with Gasteiger partial charge in [0.1, 0.15) is 5.82 Å². The third kappa shape index (κ3) is 4.67. The summed E-state index contributed by atoms with van der Waals surface area (Å²) in [6, 6.07) is 10.2. The Morgan fingerprint density at radius 2 is 1.59 bits per heavy atom. The zero-order valence-corrected chi connectivity index (χ0v) is 15.5. The molecule has 0 fully saturated rings. The lowest BCUT2D eigenvalue weighted by Crippen LogP contribution is -2.15. The number of hydrogen-bond acceptors (Lipinski definition) is 4. The molecule has 27 heavy (non-hydrogen) atoms. The van der Waals surface area contributed by atoms with Crippen LogP contribution in [-0.2, 0) is 6.54 Å². The quantitative estimate of drug-likeness (QED) is 0.704. The van der Waals surface area contributed by atoms with Crippen LogP contribution in [0.15, 0.2) is 48.8 Å². The number of hydrogen-bond donors (Lipinski definition) is 2. The van der Waals surface area contributed by atoms with Crippen LogP contribution < -0.4 is 10.6 Å². The maximum absolute atomic E-state index is 12.9. The predicted octanol–water partition coefficient (Wildman–Crippen LogP) is 4.41. The molecule has 0 radical (unpaired) electrons. The van der Waals surface area contributed by atoms with Gasteiger partial charge in [-0.1, -0.05) is 29.8 Å². The van der Waals surface area contributed by atoms with Crippen LogP contribution >= 0.6 is 0 Å². The van der Waals surface area contributed by atoms with Gasteiger partial charge >= 0.3 is 0 Å². The van der Waals surface area contributed by atoms with Crippen molar-refractivity contribution >= 4 is 17.5 Å². The van der Waals surface area contributed by atoms with Gasteiger partial charge in [-0.25, -0.2) is 14.4 Å². The van der Waals surface area contributed by atoms with Crippen molar-refractivity contribution in [2.75, 3.05) is 10.6 Å². The molecule has 5 nitrogen and oxygen atoms in total. The van der Waals surface area contributed by atoms with Crippen LogP contribution in [0, 0.1) is 26.6 Å². The van der Waals surface area contributed by atoms with Gasteiger partial charge in [0.05, 0.1) is 5.56 Å². The largest absolute Gasteiger partial charge is 0.350 e. The minimum Gasteiger partial charge on any atom is -0.350 e. The van der Waals surface area contributed by atoms with Gasteiger partial charge in [0.15, 0.2) is 0 Å². The van der Waals surface area contributed by atoms with Crippen LogP contribution in [0.5, 0.6) is 0 Å². The van der Waals surface area contributed by atoms with E-state index in [9.17, 15) is 9.18 Å². The molecule has 2 aromatic carbocycles. The summed E-state index contributed by atoms with van der Waals surface area (Å²) in [5, 5.41) is 5.97. The van der Waals surface area contributed by atoms with Crippen LogP contribution in [0.3, 0.4) is 0 Å². The first kappa shape index (κ1) is 18.5. The number of nitrogens with zero attached hydrogens (tertiary/aromatic N) is 2. The Hall–Kier alpha value is -3.28. The summed E-state index contributed by atoms with van der Waals surface area (Å²) in [4.78, 5) is 20.8. The molecule has 1 amide bonds. The summed E-state index contributed by atoms with van der Waals surface area (Å²) >= 11 is 0. The van der Waals surface area contributed by atoms with Gasteiger partial charge in [-0.15, -0.1) is 0 Å². The van der Waals surface area contributed by atoms with Gasteiger partial charge in [0, 0.05) is 24.6 Å². The molecule has 0 aliphatic heterocycles. The van der Waals surface area contributed by atoms with E-state index in [4.69, 9.17) is 0 Å². The van der Waals surface area contributed by atoms with Crippen LogP contribution in [0.25, 0.3) is 0 Å². The first-order chi connectivity index (χ1) is 12.9. The van der Waals surface area contributed by atoms with E-state index in [0.717, 1.165) is 27.9 Å². The molecule has 2 N–H and O–H groups in total. The fourth-order valence-electron chi connectivity index (χ4n) is 2.88. The third-order valence-electron chi connectivity index (χ3n) is 4.19.